The zero-order chi connectivity index (χ0) is 13.1. The fraction of sp³-hybridized carbons (Fsp3) is 0. The van der Waals surface area contributed by atoms with Crippen LogP contribution in [-0.2, 0) is 0 Å². The van der Waals surface area contributed by atoms with Gasteiger partial charge in [-0.1, -0.05) is 17.7 Å². The molecule has 3 nitrogen and oxygen atoms in total. The molecule has 0 saturated carbocycles. The van der Waals surface area contributed by atoms with Crippen LogP contribution in [0.5, 0.6) is 0 Å². The van der Waals surface area contributed by atoms with Gasteiger partial charge in [0.15, 0.2) is 5.15 Å². The Balaban J connectivity index is 2.28. The highest BCUT2D eigenvalue weighted by atomic mass is 79.9. The number of hydrogen-bond acceptors (Lipinski definition) is 2. The van der Waals surface area contributed by atoms with E-state index in [-0.39, 0.29) is 15.2 Å². The standard InChI is InChI=1S/C12H7BrClFN2O/c13-10-7(3-1-4-8(10)15)12(18)17-9-5-2-6-16-11(9)14/h1-6H,(H,17,18). The lowest BCUT2D eigenvalue weighted by Gasteiger charge is -2.08. The molecule has 18 heavy (non-hydrogen) atoms. The molecule has 2 aromatic rings. The molecule has 0 spiro atoms. The second kappa shape index (κ2) is 5.46. The van der Waals surface area contributed by atoms with Crippen molar-refractivity contribution in [1.29, 1.82) is 0 Å². The summed E-state index contributed by atoms with van der Waals surface area (Å²) in [5.74, 6) is -0.962. The molecule has 0 aliphatic heterocycles. The second-order valence-corrected chi connectivity index (χ2v) is 4.55. The van der Waals surface area contributed by atoms with Crippen molar-refractivity contribution in [3.63, 3.8) is 0 Å². The highest BCUT2D eigenvalue weighted by molar-refractivity contribution is 9.10. The lowest BCUT2D eigenvalue weighted by atomic mass is 10.2. The predicted molar refractivity (Wildman–Crippen MR) is 71.3 cm³/mol. The maximum Gasteiger partial charge on any atom is 0.256 e. The van der Waals surface area contributed by atoms with E-state index in [1.54, 1.807) is 12.1 Å². The maximum atomic E-state index is 13.3. The van der Waals surface area contributed by atoms with Crippen molar-refractivity contribution in [2.45, 2.75) is 0 Å². The Labute approximate surface area is 116 Å². The van der Waals surface area contributed by atoms with Crippen LogP contribution in [0.3, 0.4) is 0 Å². The number of carbonyl (C=O) groups excluding carboxylic acids is 1. The van der Waals surface area contributed by atoms with E-state index in [4.69, 9.17) is 11.6 Å². The lowest BCUT2D eigenvalue weighted by molar-refractivity contribution is 0.102. The highest BCUT2D eigenvalue weighted by Gasteiger charge is 2.14. The number of benzene rings is 1. The Hall–Kier alpha value is -1.46. The minimum Gasteiger partial charge on any atom is -0.319 e. The number of anilines is 1. The summed E-state index contributed by atoms with van der Waals surface area (Å²) < 4.78 is 13.4. The summed E-state index contributed by atoms with van der Waals surface area (Å²) in [6.45, 7) is 0. The Morgan fingerprint density at radius 3 is 2.83 bits per heavy atom. The van der Waals surface area contributed by atoms with Crippen molar-refractivity contribution in [3.8, 4) is 0 Å². The third-order valence-corrected chi connectivity index (χ3v) is 3.31. The van der Waals surface area contributed by atoms with Crippen LogP contribution in [0, 0.1) is 5.82 Å². The summed E-state index contributed by atoms with van der Waals surface area (Å²) in [4.78, 5) is 15.8. The molecule has 0 aliphatic carbocycles. The first kappa shape index (κ1) is 13.0. The third-order valence-electron chi connectivity index (χ3n) is 2.20. The third kappa shape index (κ3) is 2.68. The summed E-state index contributed by atoms with van der Waals surface area (Å²) in [5, 5.41) is 2.74. The molecule has 1 aromatic carbocycles. The van der Waals surface area contributed by atoms with Crippen LogP contribution < -0.4 is 5.32 Å². The number of carbonyl (C=O) groups is 1. The van der Waals surface area contributed by atoms with Crippen molar-refractivity contribution >= 4 is 39.1 Å². The molecule has 0 atom stereocenters. The molecule has 0 radical (unpaired) electrons. The number of nitrogens with one attached hydrogen (secondary N) is 1. The Bertz CT molecular complexity index is 606. The molecular weight excluding hydrogens is 322 g/mol. The van der Waals surface area contributed by atoms with Crippen molar-refractivity contribution in [2.24, 2.45) is 0 Å². The molecule has 92 valence electrons. The summed E-state index contributed by atoms with van der Waals surface area (Å²) in [6.07, 6.45) is 1.51. The molecule has 0 unspecified atom stereocenters. The van der Waals surface area contributed by atoms with E-state index in [0.717, 1.165) is 0 Å². The van der Waals surface area contributed by atoms with Gasteiger partial charge in [0.05, 0.1) is 15.7 Å². The van der Waals surface area contributed by atoms with Gasteiger partial charge in [0.2, 0.25) is 0 Å². The quantitative estimate of drug-likeness (QED) is 0.849. The summed E-state index contributed by atoms with van der Waals surface area (Å²) >= 11 is 8.84. The van der Waals surface area contributed by atoms with Crippen LogP contribution in [0.2, 0.25) is 5.15 Å². The Kier molecular flexibility index (Phi) is 3.93. The van der Waals surface area contributed by atoms with Gasteiger partial charge < -0.3 is 5.32 Å². The summed E-state index contributed by atoms with van der Waals surface area (Å²) in [7, 11) is 0. The van der Waals surface area contributed by atoms with Gasteiger partial charge in [-0.05, 0) is 40.2 Å². The first-order valence-corrected chi connectivity index (χ1v) is 6.12. The number of nitrogens with zero attached hydrogens (tertiary/aromatic N) is 1. The van der Waals surface area contributed by atoms with E-state index in [2.05, 4.69) is 26.2 Å². The first-order valence-electron chi connectivity index (χ1n) is 4.95. The monoisotopic (exact) mass is 328 g/mol. The maximum absolute atomic E-state index is 13.3. The largest absolute Gasteiger partial charge is 0.319 e. The number of hydrogen-bond donors (Lipinski definition) is 1. The van der Waals surface area contributed by atoms with E-state index >= 15 is 0 Å². The van der Waals surface area contributed by atoms with Crippen LogP contribution in [0.4, 0.5) is 10.1 Å². The minimum atomic E-state index is -0.500. The fourth-order valence-corrected chi connectivity index (χ4v) is 1.96. The van der Waals surface area contributed by atoms with Gasteiger partial charge in [-0.2, -0.15) is 0 Å². The van der Waals surface area contributed by atoms with Crippen molar-refractivity contribution in [1.82, 2.24) is 4.98 Å². The average Bonchev–Trinajstić information content (AvgIpc) is 2.35. The predicted octanol–water partition coefficient (Wildman–Crippen LogP) is 3.89. The van der Waals surface area contributed by atoms with Crippen molar-refractivity contribution < 1.29 is 9.18 Å². The van der Waals surface area contributed by atoms with Gasteiger partial charge in [-0.3, -0.25) is 4.79 Å². The van der Waals surface area contributed by atoms with Gasteiger partial charge in [0.1, 0.15) is 5.82 Å². The highest BCUT2D eigenvalue weighted by Crippen LogP contribution is 2.23. The van der Waals surface area contributed by atoms with Gasteiger partial charge in [0.25, 0.3) is 5.91 Å². The van der Waals surface area contributed by atoms with Crippen molar-refractivity contribution in [2.75, 3.05) is 5.32 Å². The Morgan fingerprint density at radius 1 is 1.33 bits per heavy atom. The lowest BCUT2D eigenvalue weighted by Crippen LogP contribution is -2.13. The molecule has 0 aliphatic rings. The van der Waals surface area contributed by atoms with Crippen molar-refractivity contribution in [3.05, 3.63) is 57.5 Å². The zero-order valence-electron chi connectivity index (χ0n) is 8.95. The molecule has 6 heteroatoms. The van der Waals surface area contributed by atoms with Gasteiger partial charge >= 0.3 is 0 Å². The molecule has 2 rings (SSSR count). The van der Waals surface area contributed by atoms with Crippen LogP contribution in [0.1, 0.15) is 10.4 Å². The second-order valence-electron chi connectivity index (χ2n) is 3.40. The minimum absolute atomic E-state index is 0.113. The number of aromatic nitrogens is 1. The topological polar surface area (TPSA) is 42.0 Å². The van der Waals surface area contributed by atoms with E-state index < -0.39 is 11.7 Å². The zero-order valence-corrected chi connectivity index (χ0v) is 11.3. The fourth-order valence-electron chi connectivity index (χ4n) is 1.35. The SMILES string of the molecule is O=C(Nc1cccnc1Cl)c1cccc(F)c1Br. The van der Waals surface area contributed by atoms with Crippen LogP contribution in [0.15, 0.2) is 41.0 Å². The van der Waals surface area contributed by atoms with Gasteiger partial charge in [0, 0.05) is 6.20 Å². The summed E-state index contributed by atoms with van der Waals surface area (Å²) in [5.41, 5.74) is 0.565. The number of rotatable bonds is 2. The van der Waals surface area contributed by atoms with Gasteiger partial charge in [-0.25, -0.2) is 9.37 Å². The average molecular weight is 330 g/mol. The molecule has 0 bridgehead atoms. The van der Waals surface area contributed by atoms with Gasteiger partial charge in [-0.15, -0.1) is 0 Å². The van der Waals surface area contributed by atoms with Crippen LogP contribution in [0.25, 0.3) is 0 Å². The summed E-state index contributed by atoms with van der Waals surface area (Å²) in [6, 6.07) is 7.48. The van der Waals surface area contributed by atoms with Crippen LogP contribution in [-0.4, -0.2) is 10.9 Å². The number of pyridine rings is 1. The van der Waals surface area contributed by atoms with E-state index in [1.807, 2.05) is 0 Å². The molecular formula is C12H7BrClFN2O. The molecule has 0 saturated heterocycles. The van der Waals surface area contributed by atoms with E-state index in [1.165, 1.54) is 24.4 Å². The number of halogens is 3. The smallest absolute Gasteiger partial charge is 0.256 e. The van der Waals surface area contributed by atoms with E-state index in [9.17, 15) is 9.18 Å². The molecule has 0 fully saturated rings. The normalized spacial score (nSPS) is 10.2. The van der Waals surface area contributed by atoms with Crippen LogP contribution >= 0.6 is 27.5 Å². The molecule has 1 aromatic heterocycles. The molecule has 1 heterocycles. The molecule has 1 amide bonds. The van der Waals surface area contributed by atoms with E-state index in [0.29, 0.717) is 5.69 Å². The first-order chi connectivity index (χ1) is 8.59. The number of amides is 1. The molecule has 1 N–H and O–H groups in total. The Morgan fingerprint density at radius 2 is 2.11 bits per heavy atom.